The van der Waals surface area contributed by atoms with Crippen LogP contribution in [0.25, 0.3) is 0 Å². The van der Waals surface area contributed by atoms with Gasteiger partial charge in [-0.3, -0.25) is 0 Å². The quantitative estimate of drug-likeness (QED) is 0.290. The first-order chi connectivity index (χ1) is 16.3. The third-order valence-electron chi connectivity index (χ3n) is 8.64. The molecule has 6 nitrogen and oxygen atoms in total. The summed E-state index contributed by atoms with van der Waals surface area (Å²) in [6.45, 7) is 31.7. The first kappa shape index (κ1) is 33.0. The SMILES string of the molecule is CCS[C@]12CO[Si](C(C)C)(C(C)C)O[Si](C(C)C)(C(C)C)O[C@H]([C@@H](CO[Si](C)(C)C(C)(C)C)O1)[C@@H]2O. The highest BCUT2D eigenvalue weighted by Crippen LogP contribution is 2.51. The van der Waals surface area contributed by atoms with Crippen LogP contribution in [0.1, 0.15) is 83.1 Å². The van der Waals surface area contributed by atoms with Gasteiger partial charge in [-0.25, -0.2) is 0 Å². The van der Waals surface area contributed by atoms with Crippen molar-refractivity contribution < 1.29 is 27.2 Å². The average molecular weight is 581 g/mol. The van der Waals surface area contributed by atoms with E-state index in [4.69, 9.17) is 22.1 Å². The van der Waals surface area contributed by atoms with Crippen LogP contribution in [0.15, 0.2) is 0 Å². The summed E-state index contributed by atoms with van der Waals surface area (Å²) in [6, 6.07) is 0. The lowest BCUT2D eigenvalue weighted by atomic mass is 10.1. The highest BCUT2D eigenvalue weighted by atomic mass is 32.2. The molecular formula is C26H56O6SSi3. The minimum absolute atomic E-state index is 0.0849. The molecule has 10 heteroatoms. The molecule has 2 saturated heterocycles. The van der Waals surface area contributed by atoms with Crippen molar-refractivity contribution >= 4 is 37.2 Å². The highest BCUT2D eigenvalue weighted by Gasteiger charge is 2.65. The average Bonchev–Trinajstić information content (AvgIpc) is 3.00. The molecule has 0 unspecified atom stereocenters. The summed E-state index contributed by atoms with van der Waals surface area (Å²) in [5.41, 5.74) is 0.847. The maximum absolute atomic E-state index is 11.9. The Bertz CT molecular complexity index is 711. The van der Waals surface area contributed by atoms with Gasteiger partial charge in [0.2, 0.25) is 0 Å². The Hall–Kier alpha value is 0.761. The predicted octanol–water partition coefficient (Wildman–Crippen LogP) is 7.17. The number of ether oxygens (including phenoxy) is 1. The maximum Gasteiger partial charge on any atom is 0.335 e. The van der Waals surface area contributed by atoms with Gasteiger partial charge in [0.15, 0.2) is 13.3 Å². The highest BCUT2D eigenvalue weighted by molar-refractivity contribution is 8.00. The molecular weight excluding hydrogens is 525 g/mol. The van der Waals surface area contributed by atoms with Crippen molar-refractivity contribution in [1.82, 2.24) is 0 Å². The standard InChI is InChI=1S/C26H56O6SSi3/c1-15-33-26-17-29-35(18(2)3,19(4)5)32-36(20(6)7,21(8)9)31-23(24(26)27)22(30-26)16-28-34(13,14)25(10,11)12/h18-24,27H,15-17H2,1-14H3/t22-,23-,24+,26+/m1/s1. The van der Waals surface area contributed by atoms with Crippen molar-refractivity contribution in [2.45, 2.75) is 147 Å². The summed E-state index contributed by atoms with van der Waals surface area (Å²) in [7, 11) is -7.64. The van der Waals surface area contributed by atoms with E-state index in [1.54, 1.807) is 11.8 Å². The van der Waals surface area contributed by atoms with Crippen LogP contribution < -0.4 is 0 Å². The lowest BCUT2D eigenvalue weighted by Crippen LogP contribution is -2.63. The van der Waals surface area contributed by atoms with E-state index < -0.39 is 42.6 Å². The molecule has 0 amide bonds. The Balaban J connectivity index is 2.63. The lowest BCUT2D eigenvalue weighted by Gasteiger charge is -2.49. The van der Waals surface area contributed by atoms with Crippen LogP contribution in [0.2, 0.25) is 40.3 Å². The molecule has 2 rings (SSSR count). The van der Waals surface area contributed by atoms with Crippen molar-refractivity contribution in [3.05, 3.63) is 0 Å². The zero-order valence-electron chi connectivity index (χ0n) is 25.6. The van der Waals surface area contributed by atoms with Gasteiger partial charge >= 0.3 is 17.1 Å². The second-order valence-corrected chi connectivity index (χ2v) is 28.7. The Labute approximate surface area is 229 Å². The number of rotatable bonds is 9. The van der Waals surface area contributed by atoms with Gasteiger partial charge in [-0.15, -0.1) is 11.8 Å². The van der Waals surface area contributed by atoms with Crippen LogP contribution in [-0.4, -0.2) is 72.8 Å². The molecule has 0 aromatic carbocycles. The zero-order chi connectivity index (χ0) is 27.9. The summed E-state index contributed by atoms with van der Waals surface area (Å²) >= 11 is 1.63. The summed E-state index contributed by atoms with van der Waals surface area (Å²) in [5.74, 6) is 0.804. The molecule has 2 heterocycles. The molecule has 0 aromatic heterocycles. The fourth-order valence-corrected chi connectivity index (χ4v) is 18.8. The van der Waals surface area contributed by atoms with Crippen molar-refractivity contribution in [2.75, 3.05) is 19.0 Å². The minimum atomic E-state index is -2.88. The molecule has 214 valence electrons. The monoisotopic (exact) mass is 580 g/mol. The number of aliphatic hydroxyl groups is 1. The third-order valence-corrected chi connectivity index (χ3v) is 24.6. The van der Waals surface area contributed by atoms with E-state index in [1.165, 1.54) is 0 Å². The second-order valence-electron chi connectivity index (χ2n) is 13.5. The lowest BCUT2D eigenvalue weighted by molar-refractivity contribution is -0.0627. The fraction of sp³-hybridized carbons (Fsp3) is 1.00. The van der Waals surface area contributed by atoms with Gasteiger partial charge < -0.3 is 27.2 Å². The van der Waals surface area contributed by atoms with E-state index >= 15 is 0 Å². The van der Waals surface area contributed by atoms with Gasteiger partial charge in [-0.2, -0.15) is 0 Å². The molecule has 36 heavy (non-hydrogen) atoms. The van der Waals surface area contributed by atoms with Crippen LogP contribution in [0.4, 0.5) is 0 Å². The molecule has 0 radical (unpaired) electrons. The Morgan fingerprint density at radius 1 is 0.972 bits per heavy atom. The summed E-state index contributed by atoms with van der Waals surface area (Å²) < 4.78 is 35.0. The Morgan fingerprint density at radius 3 is 1.89 bits per heavy atom. The largest absolute Gasteiger partial charge is 0.414 e. The zero-order valence-corrected chi connectivity index (χ0v) is 29.4. The number of hydrogen-bond donors (Lipinski definition) is 1. The molecule has 2 aliphatic heterocycles. The van der Waals surface area contributed by atoms with Gasteiger partial charge in [-0.1, -0.05) is 83.1 Å². The van der Waals surface area contributed by atoms with Crippen LogP contribution in [0.3, 0.4) is 0 Å². The normalized spacial score (nSPS) is 31.2. The molecule has 0 aliphatic carbocycles. The van der Waals surface area contributed by atoms with Crippen LogP contribution >= 0.6 is 11.8 Å². The Morgan fingerprint density at radius 2 is 1.47 bits per heavy atom. The third kappa shape index (κ3) is 6.07. The molecule has 2 aliphatic rings. The fourth-order valence-electron chi connectivity index (χ4n) is 5.29. The molecule has 4 atom stereocenters. The predicted molar refractivity (Wildman–Crippen MR) is 159 cm³/mol. The van der Waals surface area contributed by atoms with Gasteiger partial charge in [0.05, 0.1) is 13.2 Å². The number of aliphatic hydroxyl groups excluding tert-OH is 1. The minimum Gasteiger partial charge on any atom is -0.414 e. The maximum atomic E-state index is 11.9. The molecule has 0 saturated carbocycles. The van der Waals surface area contributed by atoms with Gasteiger partial charge in [0, 0.05) is 0 Å². The number of fused-ring (bicyclic) bond motifs is 2. The molecule has 2 bridgehead atoms. The van der Waals surface area contributed by atoms with E-state index in [2.05, 4.69) is 96.2 Å². The Kier molecular flexibility index (Phi) is 10.7. The van der Waals surface area contributed by atoms with Crippen molar-refractivity contribution in [3.63, 3.8) is 0 Å². The van der Waals surface area contributed by atoms with Crippen molar-refractivity contribution in [1.29, 1.82) is 0 Å². The topological polar surface area (TPSA) is 66.4 Å². The molecule has 0 spiro atoms. The van der Waals surface area contributed by atoms with E-state index in [0.29, 0.717) is 13.2 Å². The smallest absolute Gasteiger partial charge is 0.335 e. The van der Waals surface area contributed by atoms with Crippen LogP contribution in [-0.2, 0) is 22.1 Å². The second kappa shape index (κ2) is 11.7. The van der Waals surface area contributed by atoms with Gasteiger partial charge in [0.1, 0.15) is 18.3 Å². The summed E-state index contributed by atoms with van der Waals surface area (Å²) in [4.78, 5) is -0.898. The van der Waals surface area contributed by atoms with E-state index in [-0.39, 0.29) is 33.3 Å². The van der Waals surface area contributed by atoms with E-state index in [0.717, 1.165) is 5.75 Å². The van der Waals surface area contributed by atoms with Gasteiger partial charge in [0.25, 0.3) is 0 Å². The van der Waals surface area contributed by atoms with E-state index in [9.17, 15) is 5.11 Å². The first-order valence-electron chi connectivity index (χ1n) is 14.0. The van der Waals surface area contributed by atoms with Crippen molar-refractivity contribution in [3.8, 4) is 0 Å². The molecule has 0 aromatic rings. The molecule has 1 N–H and O–H groups in total. The summed E-state index contributed by atoms with van der Waals surface area (Å²) in [5, 5.41) is 12.0. The van der Waals surface area contributed by atoms with Crippen LogP contribution in [0, 0.1) is 0 Å². The van der Waals surface area contributed by atoms with E-state index in [1.807, 2.05) is 0 Å². The number of hydrogen-bond acceptors (Lipinski definition) is 7. The van der Waals surface area contributed by atoms with Crippen molar-refractivity contribution in [2.24, 2.45) is 0 Å². The van der Waals surface area contributed by atoms with Gasteiger partial charge in [-0.05, 0) is 46.0 Å². The molecule has 2 fully saturated rings. The number of thioether (sulfide) groups is 1. The van der Waals surface area contributed by atoms with Crippen LogP contribution in [0.5, 0.6) is 0 Å². The first-order valence-corrected chi connectivity index (χ1v) is 21.8. The summed E-state index contributed by atoms with van der Waals surface area (Å²) in [6.07, 6.45) is -1.72.